The molecule has 8 rings (SSSR count). The standard InChI is InChI=1S/C45H57FN4O5.C2H6.4H2/c1-44-19-17-31(51)28-30(44)12-13-34-36-14-16-40(45(36,2)20-18-37(34)44)55-25-7-3-4-10-41(52)49-21-23-50(24-22-49)43(54)35-26-29(11-15-38(35)46)27-39-32-8-5-6-9-33(32)42(53)48-47-39;1-2;;;;/h5-6,8-9,11,15,26,30,34,36-37,40H,3-4,7,10,12-14,16-25,27-28H2,1-2H3,(H,48,53);1-2H3;4*1H/t30?,34-,36?,37?,40-,44-,45-;;;;;/m0...../s1. The van der Waals surface area contributed by atoms with Crippen molar-refractivity contribution in [2.24, 2.45) is 34.5 Å². The Balaban J connectivity index is 0.00000163. The highest BCUT2D eigenvalue weighted by molar-refractivity contribution is 5.95. The van der Waals surface area contributed by atoms with Gasteiger partial charge in [0.2, 0.25) is 5.91 Å². The monoisotopic (exact) mass is 791 g/mol. The van der Waals surface area contributed by atoms with Crippen molar-refractivity contribution in [1.82, 2.24) is 20.0 Å². The maximum Gasteiger partial charge on any atom is 0.272 e. The summed E-state index contributed by atoms with van der Waals surface area (Å²) < 4.78 is 21.6. The lowest BCUT2D eigenvalue weighted by atomic mass is 9.45. The van der Waals surface area contributed by atoms with Gasteiger partial charge in [0, 0.05) is 69.6 Å². The molecule has 2 amide bonds. The lowest BCUT2D eigenvalue weighted by molar-refractivity contribution is -0.145. The highest BCUT2D eigenvalue weighted by Crippen LogP contribution is 2.66. The fraction of sp³-hybridized carbons (Fsp3) is 0.638. The van der Waals surface area contributed by atoms with Gasteiger partial charge in [0.25, 0.3) is 11.5 Å². The zero-order valence-corrected chi connectivity index (χ0v) is 34.6. The van der Waals surface area contributed by atoms with Crippen LogP contribution in [0.4, 0.5) is 4.39 Å². The fourth-order valence-corrected chi connectivity index (χ4v) is 11.9. The zero-order chi connectivity index (χ0) is 40.3. The zero-order valence-electron chi connectivity index (χ0n) is 34.6. The van der Waals surface area contributed by atoms with Crippen molar-refractivity contribution in [2.45, 2.75) is 124 Å². The Labute approximate surface area is 343 Å². The summed E-state index contributed by atoms with van der Waals surface area (Å²) in [4.78, 5) is 54.5. The van der Waals surface area contributed by atoms with Gasteiger partial charge in [0.1, 0.15) is 11.6 Å². The summed E-state index contributed by atoms with van der Waals surface area (Å²) in [5.74, 6) is 2.49. The molecule has 57 heavy (non-hydrogen) atoms. The molecule has 1 aliphatic heterocycles. The number of rotatable bonds is 10. The first-order chi connectivity index (χ1) is 27.5. The van der Waals surface area contributed by atoms with Gasteiger partial charge in [-0.25, -0.2) is 9.49 Å². The number of amides is 2. The summed E-state index contributed by atoms with van der Waals surface area (Å²) in [6, 6.07) is 11.7. The molecule has 2 heterocycles. The Morgan fingerprint density at radius 3 is 2.40 bits per heavy atom. The molecule has 316 valence electrons. The van der Waals surface area contributed by atoms with E-state index in [1.807, 2.05) is 30.9 Å². The van der Waals surface area contributed by atoms with Crippen molar-refractivity contribution >= 4 is 28.4 Å². The Hall–Kier alpha value is -3.92. The minimum absolute atomic E-state index is 0. The van der Waals surface area contributed by atoms with E-state index in [1.54, 1.807) is 29.2 Å². The highest BCUT2D eigenvalue weighted by Gasteiger charge is 2.60. The molecule has 0 radical (unpaired) electrons. The van der Waals surface area contributed by atoms with E-state index in [4.69, 9.17) is 4.74 Å². The van der Waals surface area contributed by atoms with Crippen LogP contribution in [-0.4, -0.2) is 76.5 Å². The molecule has 4 saturated carbocycles. The van der Waals surface area contributed by atoms with E-state index < -0.39 is 5.82 Å². The van der Waals surface area contributed by atoms with Gasteiger partial charge in [0.05, 0.1) is 22.7 Å². The van der Waals surface area contributed by atoms with Crippen molar-refractivity contribution in [1.29, 1.82) is 0 Å². The summed E-state index contributed by atoms with van der Waals surface area (Å²) in [6.45, 7) is 11.3. The molecule has 1 aromatic heterocycles. The Morgan fingerprint density at radius 2 is 1.61 bits per heavy atom. The van der Waals surface area contributed by atoms with Crippen molar-refractivity contribution in [3.63, 3.8) is 0 Å². The van der Waals surface area contributed by atoms with Crippen LogP contribution in [0.25, 0.3) is 10.8 Å². The van der Waals surface area contributed by atoms with E-state index in [-0.39, 0.29) is 34.1 Å². The summed E-state index contributed by atoms with van der Waals surface area (Å²) >= 11 is 0. The van der Waals surface area contributed by atoms with Crippen molar-refractivity contribution in [3.8, 4) is 0 Å². The lowest BCUT2D eigenvalue weighted by Gasteiger charge is -2.60. The van der Waals surface area contributed by atoms with Gasteiger partial charge in [-0.1, -0.05) is 58.4 Å². The minimum atomic E-state index is -0.583. The number of benzene rings is 2. The number of fused-ring (bicyclic) bond motifs is 6. The number of piperazine rings is 1. The second-order valence-electron chi connectivity index (χ2n) is 17.9. The minimum Gasteiger partial charge on any atom is -0.378 e. The van der Waals surface area contributed by atoms with Crippen LogP contribution in [0.15, 0.2) is 47.3 Å². The molecule has 0 spiro atoms. The smallest absolute Gasteiger partial charge is 0.272 e. The number of ketones is 1. The van der Waals surface area contributed by atoms with Gasteiger partial charge < -0.3 is 14.5 Å². The number of Topliss-reactive ketones (excluding diaryl/α,β-unsaturated/α-hetero) is 1. The largest absolute Gasteiger partial charge is 0.378 e. The topological polar surface area (TPSA) is 113 Å². The van der Waals surface area contributed by atoms with E-state index in [0.29, 0.717) is 78.9 Å². The van der Waals surface area contributed by atoms with Crippen molar-refractivity contribution in [2.75, 3.05) is 32.8 Å². The van der Waals surface area contributed by atoms with Crippen LogP contribution in [0.5, 0.6) is 0 Å². The number of aromatic nitrogens is 2. The maximum atomic E-state index is 15.0. The van der Waals surface area contributed by atoms with Gasteiger partial charge in [-0.2, -0.15) is 5.10 Å². The van der Waals surface area contributed by atoms with E-state index in [9.17, 15) is 23.6 Å². The van der Waals surface area contributed by atoms with Crippen LogP contribution in [0.1, 0.15) is 138 Å². The van der Waals surface area contributed by atoms with E-state index >= 15 is 0 Å². The van der Waals surface area contributed by atoms with Crippen molar-refractivity contribution < 1.29 is 29.2 Å². The van der Waals surface area contributed by atoms with Crippen LogP contribution >= 0.6 is 0 Å². The molecular formula is C47H71FN4O5. The summed E-state index contributed by atoms with van der Waals surface area (Å²) in [7, 11) is 0. The molecule has 1 N–H and O–H groups in total. The maximum absolute atomic E-state index is 15.0. The fourth-order valence-electron chi connectivity index (χ4n) is 11.9. The number of unbranched alkanes of at least 4 members (excludes halogenated alkanes) is 2. The third kappa shape index (κ3) is 8.22. The molecule has 7 atom stereocenters. The second kappa shape index (κ2) is 17.5. The van der Waals surface area contributed by atoms with E-state index in [0.717, 1.165) is 74.7 Å². The third-order valence-electron chi connectivity index (χ3n) is 15.1. The number of ether oxygens (including phenoxy) is 1. The molecule has 2 aromatic carbocycles. The first kappa shape index (κ1) is 41.2. The molecule has 5 fully saturated rings. The quantitative estimate of drug-likeness (QED) is 0.205. The number of carbonyl (C=O) groups excluding carboxylic acids is 3. The molecule has 10 heteroatoms. The summed E-state index contributed by atoms with van der Waals surface area (Å²) in [6.07, 6.45) is 14.0. The van der Waals surface area contributed by atoms with Crippen LogP contribution < -0.4 is 5.56 Å². The van der Waals surface area contributed by atoms with E-state index in [1.165, 1.54) is 38.2 Å². The number of carbonyl (C=O) groups is 3. The molecule has 1 saturated heterocycles. The molecule has 3 aromatic rings. The van der Waals surface area contributed by atoms with Crippen LogP contribution in [-0.2, 0) is 20.7 Å². The number of nitrogens with one attached hydrogen (secondary N) is 1. The van der Waals surface area contributed by atoms with Gasteiger partial charge in [0.15, 0.2) is 0 Å². The average molecular weight is 791 g/mol. The molecule has 4 aliphatic carbocycles. The number of hydrogen-bond donors (Lipinski definition) is 1. The molecule has 0 bridgehead atoms. The number of H-pyrrole nitrogens is 1. The molecule has 9 nitrogen and oxygen atoms in total. The Bertz CT molecular complexity index is 2010. The number of aromatic amines is 1. The van der Waals surface area contributed by atoms with Gasteiger partial charge in [-0.3, -0.25) is 19.2 Å². The van der Waals surface area contributed by atoms with Gasteiger partial charge in [-0.05, 0) is 116 Å². The van der Waals surface area contributed by atoms with E-state index in [2.05, 4.69) is 24.0 Å². The Morgan fingerprint density at radius 1 is 0.877 bits per heavy atom. The highest BCUT2D eigenvalue weighted by atomic mass is 19.1. The predicted octanol–water partition coefficient (Wildman–Crippen LogP) is 9.51. The van der Waals surface area contributed by atoms with Gasteiger partial charge in [-0.15, -0.1) is 0 Å². The first-order valence-corrected chi connectivity index (χ1v) is 22.0. The summed E-state index contributed by atoms with van der Waals surface area (Å²) in [5.41, 5.74) is 1.69. The third-order valence-corrected chi connectivity index (χ3v) is 15.1. The van der Waals surface area contributed by atoms with Crippen LogP contribution in [0.3, 0.4) is 0 Å². The van der Waals surface area contributed by atoms with Crippen LogP contribution in [0.2, 0.25) is 0 Å². The molecule has 3 unspecified atom stereocenters. The SMILES string of the molecule is CC.C[C@]12CCC(=O)CC1CC[C@@H]1C2CC[C@@]2(C)C1CC[C@@H]2OCCCCCC(=O)N1CCN(C(=O)c2cc(Cc3n[nH]c(=O)c4ccccc34)ccc2F)CC1.[HH].[HH].[HH].[HH]. The Kier molecular flexibility index (Phi) is 12.7. The molecular weight excluding hydrogens is 720 g/mol. The number of halogens is 1. The van der Waals surface area contributed by atoms with Gasteiger partial charge >= 0.3 is 0 Å². The molecule has 5 aliphatic rings. The average Bonchev–Trinajstić information content (AvgIpc) is 3.57. The summed E-state index contributed by atoms with van der Waals surface area (Å²) in [5, 5.41) is 8.01. The van der Waals surface area contributed by atoms with Crippen LogP contribution in [0, 0.1) is 40.3 Å². The predicted molar refractivity (Wildman–Crippen MR) is 229 cm³/mol. The number of hydrogen-bond acceptors (Lipinski definition) is 6. The normalized spacial score (nSPS) is 29.6. The lowest BCUT2D eigenvalue weighted by Crippen LogP contribution is -2.54. The number of nitrogens with zero attached hydrogens (tertiary/aromatic N) is 3. The second-order valence-corrected chi connectivity index (χ2v) is 17.9. The van der Waals surface area contributed by atoms with Crippen molar-refractivity contribution in [3.05, 3.63) is 75.5 Å². The first-order valence-electron chi connectivity index (χ1n) is 22.0.